The summed E-state index contributed by atoms with van der Waals surface area (Å²) in [4.78, 5) is 9.48. The molecule has 4 aromatic rings. The number of rotatable bonds is 4. The number of halogens is 1. The molecule has 0 bridgehead atoms. The number of hydrogen-bond donors (Lipinski definition) is 1. The van der Waals surface area contributed by atoms with E-state index >= 15 is 0 Å². The second-order valence-corrected chi connectivity index (χ2v) is 7.54. The molecule has 0 atom stereocenters. The van der Waals surface area contributed by atoms with E-state index in [-0.39, 0.29) is 5.82 Å². The molecule has 3 heterocycles. The van der Waals surface area contributed by atoms with Gasteiger partial charge in [0, 0.05) is 11.1 Å². The normalized spacial score (nSPS) is 11.0. The van der Waals surface area contributed by atoms with Gasteiger partial charge in [-0.2, -0.15) is 0 Å². The van der Waals surface area contributed by atoms with Crippen LogP contribution in [0, 0.1) is 5.82 Å². The molecule has 1 aromatic carbocycles. The quantitative estimate of drug-likeness (QED) is 0.537. The topological polar surface area (TPSA) is 63.6 Å². The zero-order valence-corrected chi connectivity index (χ0v) is 13.9. The number of nitrogens with one attached hydrogen (secondary N) is 1. The molecule has 114 valence electrons. The summed E-state index contributed by atoms with van der Waals surface area (Å²) < 4.78 is 13.9. The van der Waals surface area contributed by atoms with Gasteiger partial charge in [-0.05, 0) is 41.4 Å². The number of anilines is 2. The van der Waals surface area contributed by atoms with Gasteiger partial charge < -0.3 is 5.32 Å². The van der Waals surface area contributed by atoms with E-state index < -0.39 is 0 Å². The maximum atomic E-state index is 13.2. The van der Waals surface area contributed by atoms with Crippen molar-refractivity contribution >= 4 is 55.5 Å². The maximum Gasteiger partial charge on any atom is 0.210 e. The average molecular weight is 361 g/mol. The third kappa shape index (κ3) is 3.16. The zero-order valence-electron chi connectivity index (χ0n) is 11.4. The van der Waals surface area contributed by atoms with E-state index in [2.05, 4.69) is 25.5 Å². The van der Waals surface area contributed by atoms with Crippen molar-refractivity contribution in [3.63, 3.8) is 0 Å². The maximum absolute atomic E-state index is 13.2. The minimum atomic E-state index is -0.296. The summed E-state index contributed by atoms with van der Waals surface area (Å²) in [5, 5.41) is 15.7. The summed E-state index contributed by atoms with van der Waals surface area (Å²) in [7, 11) is 0. The van der Waals surface area contributed by atoms with Crippen molar-refractivity contribution in [3.8, 4) is 0 Å². The van der Waals surface area contributed by atoms with Crippen LogP contribution in [-0.2, 0) is 0 Å². The Labute approximate surface area is 142 Å². The van der Waals surface area contributed by atoms with Crippen molar-refractivity contribution in [1.29, 1.82) is 0 Å². The van der Waals surface area contributed by atoms with E-state index in [0.717, 1.165) is 19.6 Å². The van der Waals surface area contributed by atoms with Gasteiger partial charge in [-0.3, -0.25) is 0 Å². The fourth-order valence-electron chi connectivity index (χ4n) is 1.92. The Bertz CT molecular complexity index is 968. The van der Waals surface area contributed by atoms with E-state index in [1.165, 1.54) is 35.2 Å². The van der Waals surface area contributed by atoms with Crippen LogP contribution in [0.4, 0.5) is 15.2 Å². The van der Waals surface area contributed by atoms with E-state index in [9.17, 15) is 4.39 Å². The van der Waals surface area contributed by atoms with Gasteiger partial charge in [0.05, 0.1) is 0 Å². The minimum absolute atomic E-state index is 0.296. The number of hydrogen-bond acceptors (Lipinski definition) is 8. The highest BCUT2D eigenvalue weighted by Crippen LogP contribution is 2.35. The standard InChI is InChI=1S/C14H8FN5S3/c15-8-2-1-3-9(6-8)18-13-19-20-14(23-13)22-12-10-4-5-21-11(10)16-7-17-12/h1-7H,(H,18,19). The Morgan fingerprint density at radius 3 is 3.00 bits per heavy atom. The molecule has 1 N–H and O–H groups in total. The SMILES string of the molecule is Fc1cccc(Nc2nnc(Sc3ncnc4sccc34)s2)c1. The average Bonchev–Trinajstić information content (AvgIpc) is 3.17. The predicted molar refractivity (Wildman–Crippen MR) is 91.1 cm³/mol. The van der Waals surface area contributed by atoms with E-state index in [0.29, 0.717) is 10.8 Å². The highest BCUT2D eigenvalue weighted by molar-refractivity contribution is 8.01. The van der Waals surface area contributed by atoms with Crippen molar-refractivity contribution < 1.29 is 4.39 Å². The molecule has 4 rings (SSSR count). The first-order chi connectivity index (χ1) is 11.3. The molecule has 0 aliphatic carbocycles. The summed E-state index contributed by atoms with van der Waals surface area (Å²) in [5.41, 5.74) is 0.639. The fourth-order valence-corrected chi connectivity index (χ4v) is 4.48. The predicted octanol–water partition coefficient (Wildman–Crippen LogP) is 4.58. The monoisotopic (exact) mass is 361 g/mol. The number of nitrogens with zero attached hydrogens (tertiary/aromatic N) is 4. The summed E-state index contributed by atoms with van der Waals surface area (Å²) in [5.74, 6) is -0.296. The molecular weight excluding hydrogens is 353 g/mol. The smallest absolute Gasteiger partial charge is 0.210 e. The van der Waals surface area contributed by atoms with Crippen LogP contribution in [0.1, 0.15) is 0 Å². The molecule has 0 amide bonds. The Kier molecular flexibility index (Phi) is 3.90. The van der Waals surface area contributed by atoms with Crippen molar-refractivity contribution in [1.82, 2.24) is 20.2 Å². The molecule has 5 nitrogen and oxygen atoms in total. The van der Waals surface area contributed by atoms with Crippen molar-refractivity contribution in [2.24, 2.45) is 0 Å². The van der Waals surface area contributed by atoms with Gasteiger partial charge in [0.2, 0.25) is 5.13 Å². The van der Waals surface area contributed by atoms with Crippen LogP contribution in [0.15, 0.2) is 51.4 Å². The molecular formula is C14H8FN5S3. The molecule has 0 fully saturated rings. The molecule has 9 heteroatoms. The van der Waals surface area contributed by atoms with Crippen molar-refractivity contribution in [3.05, 3.63) is 47.9 Å². The molecule has 0 saturated carbocycles. The van der Waals surface area contributed by atoms with E-state index in [1.807, 2.05) is 11.4 Å². The highest BCUT2D eigenvalue weighted by Gasteiger charge is 2.11. The molecule has 0 aliphatic rings. The Morgan fingerprint density at radius 1 is 1.13 bits per heavy atom. The number of aromatic nitrogens is 4. The molecule has 23 heavy (non-hydrogen) atoms. The van der Waals surface area contributed by atoms with Crippen LogP contribution < -0.4 is 5.32 Å². The Hall–Kier alpha value is -2.10. The highest BCUT2D eigenvalue weighted by atomic mass is 32.2. The summed E-state index contributed by atoms with van der Waals surface area (Å²) in [6.07, 6.45) is 1.55. The Balaban J connectivity index is 1.55. The largest absolute Gasteiger partial charge is 0.330 e. The first-order valence-electron chi connectivity index (χ1n) is 6.50. The van der Waals surface area contributed by atoms with Crippen molar-refractivity contribution in [2.45, 2.75) is 9.37 Å². The molecule has 0 aliphatic heterocycles. The summed E-state index contributed by atoms with van der Waals surface area (Å²) in [6, 6.07) is 8.22. The van der Waals surface area contributed by atoms with Gasteiger partial charge in [-0.15, -0.1) is 21.5 Å². The van der Waals surface area contributed by atoms with Crippen LogP contribution >= 0.6 is 34.4 Å². The molecule has 0 saturated heterocycles. The van der Waals surface area contributed by atoms with Gasteiger partial charge in [0.1, 0.15) is 22.0 Å². The van der Waals surface area contributed by atoms with Gasteiger partial charge in [-0.1, -0.05) is 17.4 Å². The minimum Gasteiger partial charge on any atom is -0.330 e. The third-order valence-electron chi connectivity index (χ3n) is 2.89. The Morgan fingerprint density at radius 2 is 2.09 bits per heavy atom. The van der Waals surface area contributed by atoms with E-state index in [1.54, 1.807) is 29.8 Å². The first kappa shape index (κ1) is 14.5. The zero-order chi connectivity index (χ0) is 15.6. The van der Waals surface area contributed by atoms with Crippen LogP contribution in [0.2, 0.25) is 0 Å². The van der Waals surface area contributed by atoms with Crippen LogP contribution in [0.3, 0.4) is 0 Å². The van der Waals surface area contributed by atoms with E-state index in [4.69, 9.17) is 0 Å². The van der Waals surface area contributed by atoms with Gasteiger partial charge in [-0.25, -0.2) is 14.4 Å². The molecule has 3 aromatic heterocycles. The summed E-state index contributed by atoms with van der Waals surface area (Å²) in [6.45, 7) is 0. The third-order valence-corrected chi connectivity index (χ3v) is 5.62. The van der Waals surface area contributed by atoms with Crippen LogP contribution in [-0.4, -0.2) is 20.2 Å². The van der Waals surface area contributed by atoms with Crippen LogP contribution in [0.5, 0.6) is 0 Å². The number of fused-ring (bicyclic) bond motifs is 1. The lowest BCUT2D eigenvalue weighted by atomic mass is 10.3. The molecule has 0 spiro atoms. The van der Waals surface area contributed by atoms with Gasteiger partial charge in [0.25, 0.3) is 0 Å². The lowest BCUT2D eigenvalue weighted by Crippen LogP contribution is -1.89. The lowest BCUT2D eigenvalue weighted by Gasteiger charge is -2.00. The summed E-state index contributed by atoms with van der Waals surface area (Å²) >= 11 is 4.41. The second-order valence-electron chi connectivity index (χ2n) is 4.43. The lowest BCUT2D eigenvalue weighted by molar-refractivity contribution is 0.628. The molecule has 0 unspecified atom stereocenters. The fraction of sp³-hybridized carbons (Fsp3) is 0. The second kappa shape index (κ2) is 6.19. The molecule has 0 radical (unpaired) electrons. The van der Waals surface area contributed by atoms with Gasteiger partial charge >= 0.3 is 0 Å². The number of benzene rings is 1. The van der Waals surface area contributed by atoms with Crippen LogP contribution in [0.25, 0.3) is 10.2 Å². The van der Waals surface area contributed by atoms with Crippen molar-refractivity contribution in [2.75, 3.05) is 5.32 Å². The number of thiophene rings is 1. The van der Waals surface area contributed by atoms with Gasteiger partial charge in [0.15, 0.2) is 4.34 Å². The first-order valence-corrected chi connectivity index (χ1v) is 9.01.